The topological polar surface area (TPSA) is 26.3 Å². The first-order chi connectivity index (χ1) is 7.72. The number of carbonyl (C=O) groups is 1. The Hall–Kier alpha value is -1.57. The molecule has 0 atom stereocenters. The zero-order valence-electron chi connectivity index (χ0n) is 9.75. The van der Waals surface area contributed by atoms with Crippen molar-refractivity contribution in [1.82, 2.24) is 0 Å². The molecule has 1 aromatic carbocycles. The van der Waals surface area contributed by atoms with Crippen molar-refractivity contribution in [3.8, 4) is 5.75 Å². The maximum Gasteiger partial charge on any atom is 0.158 e. The molecule has 2 rings (SSSR count). The molecular formula is C14H16O2. The normalized spacial score (nSPS) is 16.5. The smallest absolute Gasteiger partial charge is 0.158 e. The molecule has 0 spiro atoms. The van der Waals surface area contributed by atoms with Gasteiger partial charge in [-0.05, 0) is 48.6 Å². The third kappa shape index (κ3) is 2.01. The molecule has 0 heterocycles. The number of benzene rings is 1. The minimum Gasteiger partial charge on any atom is -0.497 e. The van der Waals surface area contributed by atoms with Crippen molar-refractivity contribution in [1.29, 1.82) is 0 Å². The Bertz CT molecular complexity index is 444. The molecular weight excluding hydrogens is 200 g/mol. The number of ketones is 1. The molecule has 0 saturated heterocycles. The molecule has 2 nitrogen and oxygen atoms in total. The highest BCUT2D eigenvalue weighted by Gasteiger charge is 2.17. The van der Waals surface area contributed by atoms with Gasteiger partial charge in [0.05, 0.1) is 7.11 Å². The van der Waals surface area contributed by atoms with Gasteiger partial charge in [-0.3, -0.25) is 4.79 Å². The van der Waals surface area contributed by atoms with E-state index in [1.807, 2.05) is 31.2 Å². The lowest BCUT2D eigenvalue weighted by molar-refractivity contribution is -0.115. The average Bonchev–Trinajstić information content (AvgIpc) is 2.33. The zero-order valence-corrected chi connectivity index (χ0v) is 9.75. The molecule has 0 amide bonds. The Morgan fingerprint density at radius 3 is 2.81 bits per heavy atom. The molecule has 0 unspecified atom stereocenters. The van der Waals surface area contributed by atoms with E-state index in [2.05, 4.69) is 0 Å². The molecule has 1 aromatic rings. The van der Waals surface area contributed by atoms with Gasteiger partial charge in [-0.15, -0.1) is 0 Å². The van der Waals surface area contributed by atoms with E-state index in [1.54, 1.807) is 7.11 Å². The van der Waals surface area contributed by atoms with Crippen molar-refractivity contribution in [2.75, 3.05) is 7.11 Å². The summed E-state index contributed by atoms with van der Waals surface area (Å²) in [5.74, 6) is 1.12. The van der Waals surface area contributed by atoms with Crippen LogP contribution in [0, 0.1) is 0 Å². The van der Waals surface area contributed by atoms with Crippen molar-refractivity contribution in [2.24, 2.45) is 0 Å². The van der Waals surface area contributed by atoms with Gasteiger partial charge in [0, 0.05) is 6.42 Å². The van der Waals surface area contributed by atoms with Crippen LogP contribution in [0.2, 0.25) is 0 Å². The molecule has 0 aromatic heterocycles. The molecule has 1 aliphatic carbocycles. The van der Waals surface area contributed by atoms with Gasteiger partial charge < -0.3 is 4.74 Å². The van der Waals surface area contributed by atoms with Crippen LogP contribution < -0.4 is 4.74 Å². The average molecular weight is 216 g/mol. The lowest BCUT2D eigenvalue weighted by Gasteiger charge is -2.17. The van der Waals surface area contributed by atoms with Crippen LogP contribution in [0.1, 0.15) is 31.7 Å². The monoisotopic (exact) mass is 216 g/mol. The SMILES string of the molecule is COc1cccc(C2=C(C)C(=O)CCC2)c1. The highest BCUT2D eigenvalue weighted by atomic mass is 16.5. The highest BCUT2D eigenvalue weighted by Crippen LogP contribution is 2.31. The molecule has 0 fully saturated rings. The van der Waals surface area contributed by atoms with Crippen LogP contribution in [0.3, 0.4) is 0 Å². The standard InChI is InChI=1S/C14H16O2/c1-10-13(7-4-8-14(10)15)11-5-3-6-12(9-11)16-2/h3,5-6,9H,4,7-8H2,1-2H3. The first-order valence-electron chi connectivity index (χ1n) is 5.59. The highest BCUT2D eigenvalue weighted by molar-refractivity contribution is 6.03. The van der Waals surface area contributed by atoms with Gasteiger partial charge in [-0.25, -0.2) is 0 Å². The summed E-state index contributed by atoms with van der Waals surface area (Å²) in [6.07, 6.45) is 2.65. The van der Waals surface area contributed by atoms with Crippen LogP contribution in [-0.2, 0) is 4.79 Å². The third-order valence-corrected chi connectivity index (χ3v) is 3.12. The summed E-state index contributed by atoms with van der Waals surface area (Å²) in [4.78, 5) is 11.6. The van der Waals surface area contributed by atoms with Crippen molar-refractivity contribution < 1.29 is 9.53 Å². The lowest BCUT2D eigenvalue weighted by atomic mass is 9.87. The number of carbonyl (C=O) groups excluding carboxylic acids is 1. The Morgan fingerprint density at radius 1 is 1.25 bits per heavy atom. The number of hydrogen-bond acceptors (Lipinski definition) is 2. The summed E-state index contributed by atoms with van der Waals surface area (Å²) in [6.45, 7) is 1.93. The van der Waals surface area contributed by atoms with Crippen molar-refractivity contribution >= 4 is 11.4 Å². The molecule has 0 radical (unpaired) electrons. The maximum absolute atomic E-state index is 11.6. The Kier molecular flexibility index (Phi) is 3.09. The minimum absolute atomic E-state index is 0.282. The first kappa shape index (κ1) is 10.9. The fraction of sp³-hybridized carbons (Fsp3) is 0.357. The van der Waals surface area contributed by atoms with Gasteiger partial charge in [0.1, 0.15) is 5.75 Å². The van der Waals surface area contributed by atoms with E-state index in [0.29, 0.717) is 6.42 Å². The predicted octanol–water partition coefficient (Wildman–Crippen LogP) is 3.22. The fourth-order valence-corrected chi connectivity index (χ4v) is 2.14. The Labute approximate surface area is 95.9 Å². The number of Topliss-reactive ketones (excluding diaryl/α,β-unsaturated/α-hetero) is 1. The molecule has 16 heavy (non-hydrogen) atoms. The van der Waals surface area contributed by atoms with Crippen LogP contribution in [-0.4, -0.2) is 12.9 Å². The molecule has 0 aliphatic heterocycles. The van der Waals surface area contributed by atoms with E-state index in [4.69, 9.17) is 4.74 Å². The summed E-state index contributed by atoms with van der Waals surface area (Å²) < 4.78 is 5.20. The lowest BCUT2D eigenvalue weighted by Crippen LogP contribution is -2.08. The number of allylic oxidation sites excluding steroid dienone is 2. The first-order valence-corrected chi connectivity index (χ1v) is 5.59. The second-order valence-corrected chi connectivity index (χ2v) is 4.11. The summed E-state index contributed by atoms with van der Waals surface area (Å²) in [5.41, 5.74) is 3.21. The molecule has 0 N–H and O–H groups in total. The van der Waals surface area contributed by atoms with Gasteiger partial charge in [0.15, 0.2) is 5.78 Å². The van der Waals surface area contributed by atoms with Gasteiger partial charge in [0.25, 0.3) is 0 Å². The molecule has 0 bridgehead atoms. The largest absolute Gasteiger partial charge is 0.497 e. The number of hydrogen-bond donors (Lipinski definition) is 0. The van der Waals surface area contributed by atoms with Gasteiger partial charge in [0.2, 0.25) is 0 Å². The molecule has 0 saturated carbocycles. The Morgan fingerprint density at radius 2 is 2.06 bits per heavy atom. The quantitative estimate of drug-likeness (QED) is 0.758. The Balaban J connectivity index is 2.43. The van der Waals surface area contributed by atoms with Gasteiger partial charge >= 0.3 is 0 Å². The minimum atomic E-state index is 0.282. The summed E-state index contributed by atoms with van der Waals surface area (Å²) in [5, 5.41) is 0. The predicted molar refractivity (Wildman–Crippen MR) is 64.4 cm³/mol. The van der Waals surface area contributed by atoms with E-state index >= 15 is 0 Å². The second-order valence-electron chi connectivity index (χ2n) is 4.11. The zero-order chi connectivity index (χ0) is 11.5. The summed E-state index contributed by atoms with van der Waals surface area (Å²) in [6, 6.07) is 7.93. The van der Waals surface area contributed by atoms with Crippen LogP contribution in [0.15, 0.2) is 29.8 Å². The number of methoxy groups -OCH3 is 1. The third-order valence-electron chi connectivity index (χ3n) is 3.12. The second kappa shape index (κ2) is 4.52. The van der Waals surface area contributed by atoms with E-state index in [-0.39, 0.29) is 5.78 Å². The molecule has 1 aliphatic rings. The maximum atomic E-state index is 11.6. The molecule has 84 valence electrons. The van der Waals surface area contributed by atoms with Crippen LogP contribution >= 0.6 is 0 Å². The van der Waals surface area contributed by atoms with E-state index in [0.717, 1.165) is 29.7 Å². The van der Waals surface area contributed by atoms with Gasteiger partial charge in [-0.1, -0.05) is 12.1 Å². The van der Waals surface area contributed by atoms with Crippen molar-refractivity contribution in [2.45, 2.75) is 26.2 Å². The van der Waals surface area contributed by atoms with Crippen molar-refractivity contribution in [3.05, 3.63) is 35.4 Å². The van der Waals surface area contributed by atoms with Crippen molar-refractivity contribution in [3.63, 3.8) is 0 Å². The van der Waals surface area contributed by atoms with E-state index in [9.17, 15) is 4.79 Å². The van der Waals surface area contributed by atoms with Gasteiger partial charge in [-0.2, -0.15) is 0 Å². The van der Waals surface area contributed by atoms with Crippen LogP contribution in [0.5, 0.6) is 5.75 Å². The number of ether oxygens (including phenoxy) is 1. The van der Waals surface area contributed by atoms with E-state index in [1.165, 1.54) is 5.57 Å². The van der Waals surface area contributed by atoms with Crippen LogP contribution in [0.25, 0.3) is 5.57 Å². The summed E-state index contributed by atoms with van der Waals surface area (Å²) in [7, 11) is 1.66. The number of rotatable bonds is 2. The van der Waals surface area contributed by atoms with E-state index < -0.39 is 0 Å². The fourth-order valence-electron chi connectivity index (χ4n) is 2.14. The summed E-state index contributed by atoms with van der Waals surface area (Å²) >= 11 is 0. The molecule has 2 heteroatoms. The van der Waals surface area contributed by atoms with Crippen LogP contribution in [0.4, 0.5) is 0 Å².